The fraction of sp³-hybridized carbons (Fsp3) is 0.344. The lowest BCUT2D eigenvalue weighted by atomic mass is 9.98. The van der Waals surface area contributed by atoms with Crippen LogP contribution in [0.2, 0.25) is 0 Å². The van der Waals surface area contributed by atoms with Crippen LogP contribution in [0, 0.1) is 0 Å². The van der Waals surface area contributed by atoms with Crippen LogP contribution in [0.15, 0.2) is 78.9 Å². The number of fused-ring (bicyclic) bond motifs is 3. The third-order valence-corrected chi connectivity index (χ3v) is 7.22. The Balaban J connectivity index is 1.13. The number of alkyl carbamates (subject to hydrolysis) is 2. The quantitative estimate of drug-likeness (QED) is 0.257. The zero-order chi connectivity index (χ0) is 28.4. The van der Waals surface area contributed by atoms with E-state index in [2.05, 4.69) is 34.9 Å². The van der Waals surface area contributed by atoms with Crippen LogP contribution in [0.5, 0.6) is 0 Å². The zero-order valence-corrected chi connectivity index (χ0v) is 22.8. The van der Waals surface area contributed by atoms with Gasteiger partial charge in [-0.1, -0.05) is 78.9 Å². The molecule has 5 rings (SSSR count). The lowest BCUT2D eigenvalue weighted by Crippen LogP contribution is -2.45. The van der Waals surface area contributed by atoms with E-state index in [-0.39, 0.29) is 32.1 Å². The molecule has 0 aromatic heterocycles. The first kappa shape index (κ1) is 28.2. The zero-order valence-electron chi connectivity index (χ0n) is 22.8. The highest BCUT2D eigenvalue weighted by Crippen LogP contribution is 2.44. The third-order valence-electron chi connectivity index (χ3n) is 7.22. The number of amides is 2. The summed E-state index contributed by atoms with van der Waals surface area (Å²) in [5.41, 5.74) is 5.34. The average molecular weight is 559 g/mol. The summed E-state index contributed by atoms with van der Waals surface area (Å²) in [6.45, 7) is 0.812. The molecular formula is C32H34N2O7. The second-order valence-corrected chi connectivity index (χ2v) is 10.0. The first-order chi connectivity index (χ1) is 20.1. The van der Waals surface area contributed by atoms with Crippen molar-refractivity contribution in [3.05, 3.63) is 95.6 Å². The second kappa shape index (κ2) is 13.8. The standard InChI is InChI=1S/C32H34N2O7/c35-30(41-29-16-8-9-19-38-29)28(34-32(37)39-20-22-10-2-1-3-11-22)17-18-33-31(36)40-21-27-25-14-6-4-12-23(25)24-13-5-7-15-26(24)27/h1-7,10-15,27-29H,8-9,16-21H2,(H,33,36)(H,34,37)/t28-,29?/m0/s1. The summed E-state index contributed by atoms with van der Waals surface area (Å²) in [5.74, 6) is -0.713. The Morgan fingerprint density at radius 3 is 2.20 bits per heavy atom. The van der Waals surface area contributed by atoms with Crippen LogP contribution in [0.4, 0.5) is 9.59 Å². The molecule has 0 bridgehead atoms. The monoisotopic (exact) mass is 558 g/mol. The third kappa shape index (κ3) is 7.43. The van der Waals surface area contributed by atoms with Crippen molar-refractivity contribution in [2.45, 2.75) is 50.5 Å². The Bertz CT molecular complexity index is 1300. The van der Waals surface area contributed by atoms with Crippen LogP contribution in [-0.4, -0.2) is 50.2 Å². The molecule has 0 radical (unpaired) electrons. The van der Waals surface area contributed by atoms with Gasteiger partial charge in [-0.05, 0) is 47.1 Å². The van der Waals surface area contributed by atoms with Gasteiger partial charge in [-0.2, -0.15) is 0 Å². The van der Waals surface area contributed by atoms with Gasteiger partial charge >= 0.3 is 18.2 Å². The first-order valence-corrected chi connectivity index (χ1v) is 14.0. The van der Waals surface area contributed by atoms with E-state index < -0.39 is 30.5 Å². The SMILES string of the molecule is O=C(NCC[C@H](NC(=O)OCc1ccccc1)C(=O)OC1CCCCO1)OCC1c2ccccc2-c2ccccc21. The molecule has 1 unspecified atom stereocenters. The van der Waals surface area contributed by atoms with E-state index in [9.17, 15) is 14.4 Å². The summed E-state index contributed by atoms with van der Waals surface area (Å²) in [7, 11) is 0. The van der Waals surface area contributed by atoms with Gasteiger partial charge in [0.15, 0.2) is 0 Å². The van der Waals surface area contributed by atoms with E-state index in [4.69, 9.17) is 18.9 Å². The highest BCUT2D eigenvalue weighted by Gasteiger charge is 2.30. The molecule has 1 aliphatic heterocycles. The second-order valence-electron chi connectivity index (χ2n) is 10.0. The lowest BCUT2D eigenvalue weighted by molar-refractivity contribution is -0.189. The minimum absolute atomic E-state index is 0.0537. The van der Waals surface area contributed by atoms with E-state index >= 15 is 0 Å². The van der Waals surface area contributed by atoms with Crippen molar-refractivity contribution in [2.24, 2.45) is 0 Å². The molecule has 3 aromatic rings. The van der Waals surface area contributed by atoms with Gasteiger partial charge in [-0.15, -0.1) is 0 Å². The summed E-state index contributed by atoms with van der Waals surface area (Å²) in [6.07, 6.45) is 0.439. The van der Waals surface area contributed by atoms with Crippen LogP contribution < -0.4 is 10.6 Å². The molecule has 1 saturated heterocycles. The van der Waals surface area contributed by atoms with Gasteiger partial charge < -0.3 is 29.6 Å². The molecule has 0 spiro atoms. The molecule has 2 N–H and O–H groups in total. The smallest absolute Gasteiger partial charge is 0.408 e. The normalized spacial score (nSPS) is 16.5. The topological polar surface area (TPSA) is 112 Å². The number of esters is 1. The molecule has 41 heavy (non-hydrogen) atoms. The lowest BCUT2D eigenvalue weighted by Gasteiger charge is -2.25. The fourth-order valence-corrected chi connectivity index (χ4v) is 5.14. The molecule has 2 atom stereocenters. The molecule has 1 heterocycles. The van der Waals surface area contributed by atoms with Gasteiger partial charge in [0.05, 0.1) is 6.61 Å². The van der Waals surface area contributed by atoms with E-state index in [1.807, 2.05) is 54.6 Å². The van der Waals surface area contributed by atoms with Gasteiger partial charge in [0.1, 0.15) is 19.3 Å². The maximum Gasteiger partial charge on any atom is 0.408 e. The van der Waals surface area contributed by atoms with Gasteiger partial charge in [0.2, 0.25) is 6.29 Å². The van der Waals surface area contributed by atoms with Gasteiger partial charge in [-0.25, -0.2) is 14.4 Å². The predicted molar refractivity (Wildman–Crippen MR) is 151 cm³/mol. The molecule has 9 nitrogen and oxygen atoms in total. The van der Waals surface area contributed by atoms with Crippen molar-refractivity contribution in [1.29, 1.82) is 0 Å². The highest BCUT2D eigenvalue weighted by atomic mass is 16.7. The number of hydrogen-bond acceptors (Lipinski definition) is 7. The number of rotatable bonds is 10. The minimum Gasteiger partial charge on any atom is -0.449 e. The largest absolute Gasteiger partial charge is 0.449 e. The fourth-order valence-electron chi connectivity index (χ4n) is 5.14. The molecule has 1 aliphatic carbocycles. The highest BCUT2D eigenvalue weighted by molar-refractivity contribution is 5.81. The van der Waals surface area contributed by atoms with Gasteiger partial charge in [-0.3, -0.25) is 0 Å². The molecule has 9 heteroatoms. The van der Waals surface area contributed by atoms with Crippen molar-refractivity contribution in [3.63, 3.8) is 0 Å². The molecular weight excluding hydrogens is 524 g/mol. The number of hydrogen-bond donors (Lipinski definition) is 2. The number of benzene rings is 3. The van der Waals surface area contributed by atoms with Gasteiger partial charge in [0.25, 0.3) is 0 Å². The van der Waals surface area contributed by atoms with Crippen LogP contribution in [0.3, 0.4) is 0 Å². The van der Waals surface area contributed by atoms with Crippen LogP contribution in [-0.2, 0) is 30.3 Å². The molecule has 2 amide bonds. The van der Waals surface area contributed by atoms with E-state index in [0.717, 1.165) is 40.7 Å². The van der Waals surface area contributed by atoms with Crippen LogP contribution >= 0.6 is 0 Å². The summed E-state index contributed by atoms with van der Waals surface area (Å²) >= 11 is 0. The number of ether oxygens (including phenoxy) is 4. The Kier molecular flexibility index (Phi) is 9.49. The molecule has 1 fully saturated rings. The summed E-state index contributed by atoms with van der Waals surface area (Å²) < 4.78 is 21.8. The Morgan fingerprint density at radius 2 is 1.51 bits per heavy atom. The summed E-state index contributed by atoms with van der Waals surface area (Å²) in [6, 6.07) is 24.4. The first-order valence-electron chi connectivity index (χ1n) is 14.0. The Hall–Kier alpha value is -4.37. The van der Waals surface area contributed by atoms with Gasteiger partial charge in [0, 0.05) is 18.9 Å². The predicted octanol–water partition coefficient (Wildman–Crippen LogP) is 5.28. The number of carbonyl (C=O) groups is 3. The molecule has 214 valence electrons. The summed E-state index contributed by atoms with van der Waals surface area (Å²) in [5, 5.41) is 5.25. The Morgan fingerprint density at radius 1 is 0.829 bits per heavy atom. The number of carbonyl (C=O) groups excluding carboxylic acids is 3. The van der Waals surface area contributed by atoms with Crippen molar-refractivity contribution in [2.75, 3.05) is 19.8 Å². The van der Waals surface area contributed by atoms with Crippen LogP contribution in [0.25, 0.3) is 11.1 Å². The van der Waals surface area contributed by atoms with Crippen LogP contribution in [0.1, 0.15) is 48.3 Å². The van der Waals surface area contributed by atoms with E-state index in [1.54, 1.807) is 0 Å². The molecule has 2 aliphatic rings. The Labute approximate surface area is 239 Å². The van der Waals surface area contributed by atoms with E-state index in [1.165, 1.54) is 0 Å². The summed E-state index contributed by atoms with van der Waals surface area (Å²) in [4.78, 5) is 38.0. The molecule has 0 saturated carbocycles. The van der Waals surface area contributed by atoms with Crippen molar-refractivity contribution in [3.8, 4) is 11.1 Å². The van der Waals surface area contributed by atoms with E-state index in [0.29, 0.717) is 13.0 Å². The van der Waals surface area contributed by atoms with Crippen molar-refractivity contribution in [1.82, 2.24) is 10.6 Å². The average Bonchev–Trinajstić information content (AvgIpc) is 3.33. The molecule has 3 aromatic carbocycles. The maximum absolute atomic E-state index is 12.9. The minimum atomic E-state index is -1.04. The number of nitrogens with one attached hydrogen (secondary N) is 2. The van der Waals surface area contributed by atoms with Crippen molar-refractivity contribution < 1.29 is 33.3 Å². The maximum atomic E-state index is 12.9. The van der Waals surface area contributed by atoms with Crippen molar-refractivity contribution >= 4 is 18.2 Å².